The molecule has 1 heterocycles. The molecule has 0 aliphatic carbocycles. The third-order valence-electron chi connectivity index (χ3n) is 2.47. The number of aliphatic hydroxyl groups is 1. The minimum absolute atomic E-state index is 0.120. The van der Waals surface area contributed by atoms with Gasteiger partial charge in [0.05, 0.1) is 0 Å². The average molecular weight is 233 g/mol. The lowest BCUT2D eigenvalue weighted by Crippen LogP contribution is -2.33. The number of halogens is 2. The van der Waals surface area contributed by atoms with Gasteiger partial charge in [-0.2, -0.15) is 0 Å². The Balaban J connectivity index is 2.53. The molecular formula is C11H17F2NO2. The molecular weight excluding hydrogens is 216 g/mol. The van der Waals surface area contributed by atoms with Crippen molar-refractivity contribution >= 4 is 0 Å². The quantitative estimate of drug-likeness (QED) is 0.819. The van der Waals surface area contributed by atoms with Crippen LogP contribution in [0.4, 0.5) is 8.78 Å². The van der Waals surface area contributed by atoms with E-state index in [1.54, 1.807) is 0 Å². The second-order valence-electron chi connectivity index (χ2n) is 3.90. The first-order valence-corrected chi connectivity index (χ1v) is 5.18. The molecule has 5 heteroatoms. The van der Waals surface area contributed by atoms with Gasteiger partial charge in [0.25, 0.3) is 6.43 Å². The van der Waals surface area contributed by atoms with E-state index in [0.717, 1.165) is 17.1 Å². The lowest BCUT2D eigenvalue weighted by atomic mass is 10.1. The van der Waals surface area contributed by atoms with Crippen LogP contribution in [0.15, 0.2) is 10.5 Å². The summed E-state index contributed by atoms with van der Waals surface area (Å²) in [6.45, 7) is 5.36. The van der Waals surface area contributed by atoms with Gasteiger partial charge < -0.3 is 14.8 Å². The molecule has 0 aromatic carbocycles. The lowest BCUT2D eigenvalue weighted by Gasteiger charge is -2.16. The van der Waals surface area contributed by atoms with Gasteiger partial charge in [-0.1, -0.05) is 0 Å². The molecule has 0 saturated carbocycles. The largest absolute Gasteiger partial charge is 0.466 e. The molecule has 0 aliphatic rings. The van der Waals surface area contributed by atoms with Crippen LogP contribution in [0, 0.1) is 13.8 Å². The molecule has 0 amide bonds. The molecule has 0 radical (unpaired) electrons. The topological polar surface area (TPSA) is 45.4 Å². The summed E-state index contributed by atoms with van der Waals surface area (Å²) in [6, 6.07) is 1.74. The number of alkyl halides is 2. The Labute approximate surface area is 93.5 Å². The highest BCUT2D eigenvalue weighted by atomic mass is 19.3. The summed E-state index contributed by atoms with van der Waals surface area (Å²) in [6.07, 6.45) is -4.34. The summed E-state index contributed by atoms with van der Waals surface area (Å²) in [4.78, 5) is 0. The molecule has 1 aromatic heterocycles. The van der Waals surface area contributed by atoms with E-state index < -0.39 is 12.5 Å². The number of aliphatic hydroxyl groups excluding tert-OH is 1. The maximum absolute atomic E-state index is 12.1. The zero-order chi connectivity index (χ0) is 12.3. The Bertz CT molecular complexity index is 339. The highest BCUT2D eigenvalue weighted by Crippen LogP contribution is 2.21. The van der Waals surface area contributed by atoms with Gasteiger partial charge >= 0.3 is 0 Å². The van der Waals surface area contributed by atoms with Crippen molar-refractivity contribution in [1.82, 2.24) is 5.32 Å². The summed E-state index contributed by atoms with van der Waals surface area (Å²) >= 11 is 0. The fraction of sp³-hybridized carbons (Fsp3) is 0.636. The second-order valence-corrected chi connectivity index (χ2v) is 3.90. The lowest BCUT2D eigenvalue weighted by molar-refractivity contribution is -0.00440. The summed E-state index contributed by atoms with van der Waals surface area (Å²) in [5.41, 5.74) is 0.930. The van der Waals surface area contributed by atoms with E-state index in [1.807, 2.05) is 26.8 Å². The van der Waals surface area contributed by atoms with Gasteiger partial charge in [-0.05, 0) is 26.8 Å². The molecule has 0 aliphatic heterocycles. The number of rotatable bonds is 5. The number of hydrogen-bond donors (Lipinski definition) is 2. The SMILES string of the molecule is Cc1cc(C(C)NCC(O)C(F)F)c(C)o1. The van der Waals surface area contributed by atoms with E-state index in [9.17, 15) is 8.78 Å². The van der Waals surface area contributed by atoms with Gasteiger partial charge in [0, 0.05) is 18.2 Å². The third kappa shape index (κ3) is 3.28. The van der Waals surface area contributed by atoms with Crippen LogP contribution in [0.2, 0.25) is 0 Å². The van der Waals surface area contributed by atoms with E-state index in [-0.39, 0.29) is 12.6 Å². The van der Waals surface area contributed by atoms with Crippen LogP contribution in [0.1, 0.15) is 30.0 Å². The van der Waals surface area contributed by atoms with Crippen molar-refractivity contribution in [2.75, 3.05) is 6.54 Å². The van der Waals surface area contributed by atoms with E-state index in [1.165, 1.54) is 0 Å². The molecule has 0 fully saturated rings. The second kappa shape index (κ2) is 5.41. The van der Waals surface area contributed by atoms with Gasteiger partial charge in [0.15, 0.2) is 0 Å². The van der Waals surface area contributed by atoms with Crippen LogP contribution in [-0.4, -0.2) is 24.2 Å². The van der Waals surface area contributed by atoms with Gasteiger partial charge in [-0.15, -0.1) is 0 Å². The van der Waals surface area contributed by atoms with Crippen LogP contribution in [0.5, 0.6) is 0 Å². The van der Waals surface area contributed by atoms with Crippen molar-refractivity contribution in [3.63, 3.8) is 0 Å². The standard InChI is InChI=1S/C11H17F2NO2/c1-6-4-9(8(3)16-6)7(2)14-5-10(15)11(12)13/h4,7,10-11,14-15H,5H2,1-3H3. The number of hydrogen-bond acceptors (Lipinski definition) is 3. The number of furan rings is 1. The minimum atomic E-state index is -2.72. The van der Waals surface area contributed by atoms with Crippen molar-refractivity contribution < 1.29 is 18.3 Å². The summed E-state index contributed by atoms with van der Waals surface area (Å²) in [7, 11) is 0. The molecule has 0 saturated heterocycles. The zero-order valence-corrected chi connectivity index (χ0v) is 9.63. The third-order valence-corrected chi connectivity index (χ3v) is 2.47. The first-order chi connectivity index (χ1) is 7.41. The summed E-state index contributed by atoms with van der Waals surface area (Å²) in [5, 5.41) is 11.8. The maximum Gasteiger partial charge on any atom is 0.265 e. The van der Waals surface area contributed by atoms with Crippen molar-refractivity contribution in [3.8, 4) is 0 Å². The Kier molecular flexibility index (Phi) is 4.44. The smallest absolute Gasteiger partial charge is 0.265 e. The van der Waals surface area contributed by atoms with Crippen LogP contribution in [-0.2, 0) is 0 Å². The number of nitrogens with one attached hydrogen (secondary N) is 1. The maximum atomic E-state index is 12.1. The monoisotopic (exact) mass is 233 g/mol. The van der Waals surface area contributed by atoms with Crippen LogP contribution in [0.3, 0.4) is 0 Å². The first-order valence-electron chi connectivity index (χ1n) is 5.18. The summed E-state index contributed by atoms with van der Waals surface area (Å²) < 4.78 is 29.5. The highest BCUT2D eigenvalue weighted by Gasteiger charge is 2.19. The van der Waals surface area contributed by atoms with Crippen molar-refractivity contribution in [3.05, 3.63) is 23.2 Å². The van der Waals surface area contributed by atoms with E-state index in [0.29, 0.717) is 0 Å². The van der Waals surface area contributed by atoms with Gasteiger partial charge in [0.1, 0.15) is 17.6 Å². The molecule has 92 valence electrons. The van der Waals surface area contributed by atoms with Gasteiger partial charge in [0.2, 0.25) is 0 Å². The van der Waals surface area contributed by atoms with Crippen LogP contribution >= 0.6 is 0 Å². The Morgan fingerprint density at radius 2 is 2.06 bits per heavy atom. The van der Waals surface area contributed by atoms with Gasteiger partial charge in [-0.25, -0.2) is 8.78 Å². The highest BCUT2D eigenvalue weighted by molar-refractivity contribution is 5.23. The first kappa shape index (κ1) is 13.1. The molecule has 2 N–H and O–H groups in total. The Morgan fingerprint density at radius 1 is 1.44 bits per heavy atom. The van der Waals surface area contributed by atoms with Crippen molar-refractivity contribution in [2.45, 2.75) is 39.3 Å². The Hall–Kier alpha value is -0.940. The average Bonchev–Trinajstić information content (AvgIpc) is 2.53. The Morgan fingerprint density at radius 3 is 2.50 bits per heavy atom. The zero-order valence-electron chi connectivity index (χ0n) is 9.63. The fourth-order valence-electron chi connectivity index (χ4n) is 1.58. The van der Waals surface area contributed by atoms with Crippen LogP contribution in [0.25, 0.3) is 0 Å². The molecule has 16 heavy (non-hydrogen) atoms. The van der Waals surface area contributed by atoms with Crippen LogP contribution < -0.4 is 5.32 Å². The van der Waals surface area contributed by atoms with E-state index in [2.05, 4.69) is 5.32 Å². The predicted molar refractivity (Wildman–Crippen MR) is 56.6 cm³/mol. The molecule has 0 bridgehead atoms. The normalized spacial score (nSPS) is 15.4. The fourth-order valence-corrected chi connectivity index (χ4v) is 1.58. The van der Waals surface area contributed by atoms with Crippen molar-refractivity contribution in [1.29, 1.82) is 0 Å². The number of aryl methyl sites for hydroxylation is 2. The van der Waals surface area contributed by atoms with Crippen molar-refractivity contribution in [2.24, 2.45) is 0 Å². The molecule has 1 aromatic rings. The molecule has 2 unspecified atom stereocenters. The molecule has 1 rings (SSSR count). The van der Waals surface area contributed by atoms with Gasteiger partial charge in [-0.3, -0.25) is 0 Å². The predicted octanol–water partition coefficient (Wildman–Crippen LogP) is 2.17. The van der Waals surface area contributed by atoms with E-state index >= 15 is 0 Å². The summed E-state index contributed by atoms with van der Waals surface area (Å²) in [5.74, 6) is 1.56. The molecule has 3 nitrogen and oxygen atoms in total. The van der Waals surface area contributed by atoms with E-state index in [4.69, 9.17) is 9.52 Å². The molecule has 0 spiro atoms. The molecule has 2 atom stereocenters. The minimum Gasteiger partial charge on any atom is -0.466 e.